The zero-order chi connectivity index (χ0) is 21.9. The van der Waals surface area contributed by atoms with Crippen LogP contribution in [0.4, 0.5) is 5.69 Å². The van der Waals surface area contributed by atoms with Crippen molar-refractivity contribution in [3.05, 3.63) is 29.8 Å². The van der Waals surface area contributed by atoms with E-state index in [9.17, 15) is 4.79 Å². The van der Waals surface area contributed by atoms with Gasteiger partial charge in [-0.25, -0.2) is 0 Å². The van der Waals surface area contributed by atoms with E-state index >= 15 is 0 Å². The molecule has 7 nitrogen and oxygen atoms in total. The number of aliphatic imine (C=N–C) groups is 1. The summed E-state index contributed by atoms with van der Waals surface area (Å²) < 4.78 is 11.9. The summed E-state index contributed by atoms with van der Waals surface area (Å²) in [7, 11) is 1.83. The molecule has 0 radical (unpaired) electrons. The zero-order valence-electron chi connectivity index (χ0n) is 19.1. The third-order valence-electron chi connectivity index (χ3n) is 5.91. The number of likely N-dealkylation sites (tertiary alicyclic amines) is 1. The van der Waals surface area contributed by atoms with Gasteiger partial charge >= 0.3 is 0 Å². The predicted molar refractivity (Wildman–Crippen MR) is 124 cm³/mol. The Morgan fingerprint density at radius 1 is 1.19 bits per heavy atom. The van der Waals surface area contributed by atoms with Crippen LogP contribution in [0.25, 0.3) is 0 Å². The van der Waals surface area contributed by atoms with Gasteiger partial charge in [0.05, 0.1) is 18.8 Å². The number of carbonyl (C=O) groups is 1. The van der Waals surface area contributed by atoms with E-state index in [4.69, 9.17) is 9.47 Å². The molecule has 2 aliphatic rings. The molecule has 1 aromatic rings. The number of amides is 1. The predicted octanol–water partition coefficient (Wildman–Crippen LogP) is 3.55. The van der Waals surface area contributed by atoms with Crippen molar-refractivity contribution in [1.82, 2.24) is 10.2 Å². The average molecular weight is 431 g/mol. The van der Waals surface area contributed by atoms with Gasteiger partial charge in [-0.05, 0) is 56.2 Å². The Morgan fingerprint density at radius 3 is 2.61 bits per heavy atom. The van der Waals surface area contributed by atoms with Gasteiger partial charge in [0.2, 0.25) is 5.91 Å². The standard InChI is InChI=1S/C24H38N4O3/c1-3-6-23(29)27-20-10-8-19(9-11-20)17-26-24(25-2)28-14-12-21(13-15-28)31-18-22-7-4-5-16-30-22/h8-11,21-22H,3-7,12-18H2,1-2H3,(H,25,26)(H,27,29). The normalized spacial score (nSPS) is 20.5. The van der Waals surface area contributed by atoms with Crippen molar-refractivity contribution in [1.29, 1.82) is 0 Å². The van der Waals surface area contributed by atoms with Crippen LogP contribution in [0.2, 0.25) is 0 Å². The van der Waals surface area contributed by atoms with Crippen molar-refractivity contribution < 1.29 is 14.3 Å². The molecule has 0 bridgehead atoms. The molecular formula is C24H38N4O3. The van der Waals surface area contributed by atoms with E-state index in [1.165, 1.54) is 12.8 Å². The molecule has 0 aliphatic carbocycles. The van der Waals surface area contributed by atoms with Crippen LogP contribution in [0, 0.1) is 0 Å². The Balaban J connectivity index is 1.38. The Labute approximate surface area is 186 Å². The Bertz CT molecular complexity index is 693. The van der Waals surface area contributed by atoms with E-state index < -0.39 is 0 Å². The van der Waals surface area contributed by atoms with Gasteiger partial charge < -0.3 is 25.0 Å². The second-order valence-corrected chi connectivity index (χ2v) is 8.40. The lowest BCUT2D eigenvalue weighted by Gasteiger charge is -2.35. The van der Waals surface area contributed by atoms with Crippen molar-refractivity contribution in [2.75, 3.05) is 38.7 Å². The first kappa shape index (κ1) is 23.5. The van der Waals surface area contributed by atoms with Crippen LogP contribution < -0.4 is 10.6 Å². The molecule has 1 aromatic carbocycles. The largest absolute Gasteiger partial charge is 0.376 e. The minimum absolute atomic E-state index is 0.0624. The SMILES string of the molecule is CCCC(=O)Nc1ccc(CNC(=NC)N2CCC(OCC3CCCCO3)CC2)cc1. The molecule has 0 spiro atoms. The molecule has 3 rings (SSSR count). The van der Waals surface area contributed by atoms with E-state index in [0.717, 1.165) is 69.2 Å². The van der Waals surface area contributed by atoms with Gasteiger partial charge in [-0.2, -0.15) is 0 Å². The molecule has 2 aliphatic heterocycles. The highest BCUT2D eigenvalue weighted by Gasteiger charge is 2.23. The first-order valence-corrected chi connectivity index (χ1v) is 11.8. The maximum atomic E-state index is 11.7. The summed E-state index contributed by atoms with van der Waals surface area (Å²) in [6.45, 7) is 6.20. The van der Waals surface area contributed by atoms with Crippen LogP contribution >= 0.6 is 0 Å². The molecule has 2 fully saturated rings. The lowest BCUT2D eigenvalue weighted by atomic mass is 10.1. The molecule has 1 atom stereocenters. The summed E-state index contributed by atoms with van der Waals surface area (Å²) in [5.41, 5.74) is 1.99. The number of rotatable bonds is 8. The molecular weight excluding hydrogens is 392 g/mol. The quantitative estimate of drug-likeness (QED) is 0.487. The Morgan fingerprint density at radius 2 is 1.97 bits per heavy atom. The summed E-state index contributed by atoms with van der Waals surface area (Å²) >= 11 is 0. The maximum absolute atomic E-state index is 11.7. The van der Waals surface area contributed by atoms with Crippen LogP contribution in [0.1, 0.15) is 57.4 Å². The molecule has 1 unspecified atom stereocenters. The zero-order valence-corrected chi connectivity index (χ0v) is 19.1. The van der Waals surface area contributed by atoms with E-state index in [1.807, 2.05) is 38.2 Å². The summed E-state index contributed by atoms with van der Waals surface area (Å²) in [4.78, 5) is 18.5. The number of benzene rings is 1. The average Bonchev–Trinajstić information content (AvgIpc) is 2.81. The lowest BCUT2D eigenvalue weighted by molar-refractivity contribution is -0.116. The third-order valence-corrected chi connectivity index (χ3v) is 5.91. The highest BCUT2D eigenvalue weighted by atomic mass is 16.5. The van der Waals surface area contributed by atoms with Gasteiger partial charge in [-0.3, -0.25) is 9.79 Å². The maximum Gasteiger partial charge on any atom is 0.224 e. The van der Waals surface area contributed by atoms with Gasteiger partial charge in [0.25, 0.3) is 0 Å². The van der Waals surface area contributed by atoms with Crippen LogP contribution in [0.5, 0.6) is 0 Å². The van der Waals surface area contributed by atoms with Gasteiger partial charge in [-0.15, -0.1) is 0 Å². The van der Waals surface area contributed by atoms with Crippen molar-refractivity contribution in [3.8, 4) is 0 Å². The summed E-state index contributed by atoms with van der Waals surface area (Å²) in [6, 6.07) is 7.98. The molecule has 31 heavy (non-hydrogen) atoms. The number of nitrogens with zero attached hydrogens (tertiary/aromatic N) is 2. The van der Waals surface area contributed by atoms with E-state index in [2.05, 4.69) is 20.5 Å². The van der Waals surface area contributed by atoms with Crippen LogP contribution in [0.3, 0.4) is 0 Å². The van der Waals surface area contributed by atoms with Crippen molar-refractivity contribution in [2.45, 2.75) is 70.6 Å². The topological polar surface area (TPSA) is 75.2 Å². The summed E-state index contributed by atoms with van der Waals surface area (Å²) in [6.07, 6.45) is 7.59. The number of anilines is 1. The first-order valence-electron chi connectivity index (χ1n) is 11.8. The van der Waals surface area contributed by atoms with E-state index in [0.29, 0.717) is 19.1 Å². The monoisotopic (exact) mass is 430 g/mol. The van der Waals surface area contributed by atoms with Crippen LogP contribution in [0.15, 0.2) is 29.3 Å². The van der Waals surface area contributed by atoms with Crippen molar-refractivity contribution in [2.24, 2.45) is 4.99 Å². The molecule has 2 N–H and O–H groups in total. The second-order valence-electron chi connectivity index (χ2n) is 8.40. The minimum atomic E-state index is 0.0624. The number of guanidine groups is 1. The Kier molecular flexibility index (Phi) is 9.62. The molecule has 1 amide bonds. The highest BCUT2D eigenvalue weighted by molar-refractivity contribution is 5.90. The number of hydrogen-bond donors (Lipinski definition) is 2. The molecule has 2 saturated heterocycles. The first-order chi connectivity index (χ1) is 15.2. The summed E-state index contributed by atoms with van der Waals surface area (Å²) in [5.74, 6) is 0.988. The molecule has 7 heteroatoms. The highest BCUT2D eigenvalue weighted by Crippen LogP contribution is 2.18. The van der Waals surface area contributed by atoms with Gasteiger partial charge in [0.1, 0.15) is 0 Å². The summed E-state index contributed by atoms with van der Waals surface area (Å²) in [5, 5.41) is 6.38. The van der Waals surface area contributed by atoms with E-state index in [1.54, 1.807) is 0 Å². The number of nitrogens with one attached hydrogen (secondary N) is 2. The van der Waals surface area contributed by atoms with E-state index in [-0.39, 0.29) is 12.0 Å². The number of ether oxygens (including phenoxy) is 2. The molecule has 0 aromatic heterocycles. The fraction of sp³-hybridized carbons (Fsp3) is 0.667. The Hall–Kier alpha value is -2.12. The molecule has 0 saturated carbocycles. The van der Waals surface area contributed by atoms with Gasteiger partial charge in [0.15, 0.2) is 5.96 Å². The van der Waals surface area contributed by atoms with Crippen LogP contribution in [-0.4, -0.2) is 62.3 Å². The lowest BCUT2D eigenvalue weighted by Crippen LogP contribution is -2.47. The third kappa shape index (κ3) is 7.82. The number of carbonyl (C=O) groups excluding carboxylic acids is 1. The molecule has 172 valence electrons. The number of piperidine rings is 1. The van der Waals surface area contributed by atoms with Crippen LogP contribution in [-0.2, 0) is 20.8 Å². The van der Waals surface area contributed by atoms with Gasteiger partial charge in [0, 0.05) is 45.4 Å². The molecule has 2 heterocycles. The van der Waals surface area contributed by atoms with Gasteiger partial charge in [-0.1, -0.05) is 19.1 Å². The smallest absolute Gasteiger partial charge is 0.224 e. The number of hydrogen-bond acceptors (Lipinski definition) is 4. The van der Waals surface area contributed by atoms with Crippen molar-refractivity contribution >= 4 is 17.6 Å². The minimum Gasteiger partial charge on any atom is -0.376 e. The fourth-order valence-corrected chi connectivity index (χ4v) is 4.09. The fourth-order valence-electron chi connectivity index (χ4n) is 4.09. The second kappa shape index (κ2) is 12.7. The van der Waals surface area contributed by atoms with Crippen molar-refractivity contribution in [3.63, 3.8) is 0 Å².